The Morgan fingerprint density at radius 1 is 1.22 bits per heavy atom. The van der Waals surface area contributed by atoms with Crippen LogP contribution >= 0.6 is 0 Å². The van der Waals surface area contributed by atoms with E-state index >= 15 is 0 Å². The minimum absolute atomic E-state index is 0.0192. The number of benzene rings is 1. The summed E-state index contributed by atoms with van der Waals surface area (Å²) in [5, 5.41) is 0. The number of amides is 2. The molecule has 2 fully saturated rings. The van der Waals surface area contributed by atoms with Gasteiger partial charge in [0.05, 0.1) is 12.6 Å². The van der Waals surface area contributed by atoms with Crippen molar-refractivity contribution in [2.24, 2.45) is 0 Å². The van der Waals surface area contributed by atoms with Crippen molar-refractivity contribution in [3.63, 3.8) is 0 Å². The molecule has 2 aliphatic rings. The molecule has 2 unspecified atom stereocenters. The third-order valence-electron chi connectivity index (χ3n) is 5.57. The van der Waals surface area contributed by atoms with Crippen LogP contribution in [0.15, 0.2) is 24.3 Å². The second-order valence-corrected chi connectivity index (χ2v) is 7.34. The van der Waals surface area contributed by atoms with E-state index in [2.05, 4.69) is 4.90 Å². The maximum Gasteiger partial charge on any atom is 0.251 e. The molecule has 2 heterocycles. The first-order valence-corrected chi connectivity index (χ1v) is 9.59. The van der Waals surface area contributed by atoms with E-state index in [0.717, 1.165) is 18.4 Å². The first-order valence-electron chi connectivity index (χ1n) is 9.59. The Labute approximate surface area is 159 Å². The van der Waals surface area contributed by atoms with Crippen LogP contribution in [0.25, 0.3) is 0 Å². The molecule has 0 aliphatic carbocycles. The van der Waals surface area contributed by atoms with Crippen LogP contribution in [-0.2, 0) is 14.3 Å². The molecule has 0 saturated carbocycles. The van der Waals surface area contributed by atoms with Crippen molar-refractivity contribution in [2.75, 3.05) is 46.4 Å². The first kappa shape index (κ1) is 19.8. The number of ether oxygens (including phenoxy) is 1. The lowest BCUT2D eigenvalue weighted by atomic mass is 10.1. The molecule has 0 aromatic heterocycles. The van der Waals surface area contributed by atoms with E-state index in [4.69, 9.17) is 4.74 Å². The van der Waals surface area contributed by atoms with Crippen molar-refractivity contribution >= 4 is 11.8 Å². The molecule has 1 aromatic rings. The molecule has 0 bridgehead atoms. The predicted octanol–water partition coefficient (Wildman–Crippen LogP) is 1.67. The summed E-state index contributed by atoms with van der Waals surface area (Å²) in [6, 6.07) is 6.11. The smallest absolute Gasteiger partial charge is 0.251 e. The lowest BCUT2D eigenvalue weighted by Gasteiger charge is -2.36. The topological polar surface area (TPSA) is 53.1 Å². The van der Waals surface area contributed by atoms with E-state index in [1.807, 2.05) is 11.8 Å². The summed E-state index contributed by atoms with van der Waals surface area (Å²) in [5.41, 5.74) is 0.902. The maximum absolute atomic E-state index is 13.1. The first-order chi connectivity index (χ1) is 13.0. The number of likely N-dealkylation sites (N-methyl/N-ethyl adjacent to an activating group) is 1. The number of piperazine rings is 1. The van der Waals surface area contributed by atoms with Crippen LogP contribution in [-0.4, -0.2) is 79.0 Å². The van der Waals surface area contributed by atoms with E-state index < -0.39 is 0 Å². The van der Waals surface area contributed by atoms with Gasteiger partial charge < -0.3 is 14.5 Å². The van der Waals surface area contributed by atoms with Gasteiger partial charge in [0, 0.05) is 39.8 Å². The Balaban J connectivity index is 1.47. The molecular weight excluding hydrogens is 349 g/mol. The van der Waals surface area contributed by atoms with Crippen LogP contribution in [0.2, 0.25) is 0 Å². The molecule has 2 amide bonds. The lowest BCUT2D eigenvalue weighted by Crippen LogP contribution is -2.53. The van der Waals surface area contributed by atoms with Crippen molar-refractivity contribution in [3.8, 4) is 0 Å². The highest BCUT2D eigenvalue weighted by molar-refractivity contribution is 5.81. The van der Waals surface area contributed by atoms with Crippen molar-refractivity contribution in [3.05, 3.63) is 35.6 Å². The minimum Gasteiger partial charge on any atom is -0.368 e. The quantitative estimate of drug-likeness (QED) is 0.783. The summed E-state index contributed by atoms with van der Waals surface area (Å²) >= 11 is 0. The summed E-state index contributed by atoms with van der Waals surface area (Å²) < 4.78 is 18.6. The summed E-state index contributed by atoms with van der Waals surface area (Å²) in [7, 11) is 1.77. The maximum atomic E-state index is 13.1. The van der Waals surface area contributed by atoms with E-state index in [0.29, 0.717) is 39.3 Å². The van der Waals surface area contributed by atoms with Crippen LogP contribution in [0.4, 0.5) is 4.39 Å². The van der Waals surface area contributed by atoms with Gasteiger partial charge in [-0.25, -0.2) is 4.39 Å². The van der Waals surface area contributed by atoms with Gasteiger partial charge in [-0.2, -0.15) is 0 Å². The number of rotatable bonds is 5. The van der Waals surface area contributed by atoms with Gasteiger partial charge in [-0.3, -0.25) is 14.5 Å². The standard InChI is InChI=1S/C20H28FN3O3/c1-15(16-5-7-17(21)8-6-16)22(2)19(25)14-23-9-11-24(12-10-23)20(26)18-4-3-13-27-18/h5-8,15,18H,3-4,9-14H2,1-2H3. The van der Waals surface area contributed by atoms with Crippen molar-refractivity contribution in [2.45, 2.75) is 31.9 Å². The van der Waals surface area contributed by atoms with Crippen LogP contribution in [0.3, 0.4) is 0 Å². The molecule has 0 N–H and O–H groups in total. The fourth-order valence-corrected chi connectivity index (χ4v) is 3.59. The monoisotopic (exact) mass is 377 g/mol. The van der Waals surface area contributed by atoms with E-state index in [-0.39, 0.29) is 29.8 Å². The zero-order valence-electron chi connectivity index (χ0n) is 16.1. The van der Waals surface area contributed by atoms with Gasteiger partial charge in [0.2, 0.25) is 5.91 Å². The average molecular weight is 377 g/mol. The molecule has 6 nitrogen and oxygen atoms in total. The van der Waals surface area contributed by atoms with Gasteiger partial charge in [0.1, 0.15) is 11.9 Å². The van der Waals surface area contributed by atoms with Gasteiger partial charge >= 0.3 is 0 Å². The second-order valence-electron chi connectivity index (χ2n) is 7.34. The van der Waals surface area contributed by atoms with Crippen LogP contribution in [0.5, 0.6) is 0 Å². The average Bonchev–Trinajstić information content (AvgIpc) is 3.22. The van der Waals surface area contributed by atoms with Gasteiger partial charge in [-0.15, -0.1) is 0 Å². The molecule has 2 atom stereocenters. The third-order valence-corrected chi connectivity index (χ3v) is 5.57. The van der Waals surface area contributed by atoms with E-state index in [1.54, 1.807) is 24.1 Å². The minimum atomic E-state index is -0.282. The summed E-state index contributed by atoms with van der Waals surface area (Å²) in [4.78, 5) is 30.6. The number of halogens is 1. The second kappa shape index (κ2) is 8.80. The number of nitrogens with zero attached hydrogens (tertiary/aromatic N) is 3. The van der Waals surface area contributed by atoms with Crippen molar-refractivity contribution in [1.82, 2.24) is 14.7 Å². The zero-order chi connectivity index (χ0) is 19.4. The van der Waals surface area contributed by atoms with Crippen LogP contribution in [0, 0.1) is 5.82 Å². The molecule has 2 aliphatic heterocycles. The summed E-state index contributed by atoms with van der Waals surface area (Å²) in [6.45, 7) is 5.55. The van der Waals surface area contributed by atoms with Crippen molar-refractivity contribution < 1.29 is 18.7 Å². The normalized spacial score (nSPS) is 21.9. The Hall–Kier alpha value is -1.99. The van der Waals surface area contributed by atoms with Gasteiger partial charge in [0.15, 0.2) is 0 Å². The highest BCUT2D eigenvalue weighted by Gasteiger charge is 2.31. The van der Waals surface area contributed by atoms with Crippen LogP contribution in [0.1, 0.15) is 31.4 Å². The Bertz CT molecular complexity index is 653. The molecule has 27 heavy (non-hydrogen) atoms. The molecule has 0 spiro atoms. The largest absolute Gasteiger partial charge is 0.368 e. The highest BCUT2D eigenvalue weighted by atomic mass is 19.1. The molecule has 7 heteroatoms. The molecule has 1 aromatic carbocycles. The SMILES string of the molecule is CC(c1ccc(F)cc1)N(C)C(=O)CN1CCN(C(=O)C2CCCO2)CC1. The Morgan fingerprint density at radius 3 is 2.48 bits per heavy atom. The molecule has 148 valence electrons. The Morgan fingerprint density at radius 2 is 1.89 bits per heavy atom. The predicted molar refractivity (Wildman–Crippen MR) is 99.6 cm³/mol. The summed E-state index contributed by atoms with van der Waals surface area (Å²) in [6.07, 6.45) is 1.48. The van der Waals surface area contributed by atoms with Gasteiger partial charge in [0.25, 0.3) is 5.91 Å². The van der Waals surface area contributed by atoms with Gasteiger partial charge in [-0.05, 0) is 37.5 Å². The lowest BCUT2D eigenvalue weighted by molar-refractivity contribution is -0.143. The summed E-state index contributed by atoms with van der Waals surface area (Å²) in [5.74, 6) is -0.179. The fraction of sp³-hybridized carbons (Fsp3) is 0.600. The third kappa shape index (κ3) is 4.84. The van der Waals surface area contributed by atoms with Crippen LogP contribution < -0.4 is 0 Å². The number of carbonyl (C=O) groups is 2. The zero-order valence-corrected chi connectivity index (χ0v) is 16.1. The molecular formula is C20H28FN3O3. The highest BCUT2D eigenvalue weighted by Crippen LogP contribution is 2.20. The number of carbonyl (C=O) groups excluding carboxylic acids is 2. The van der Waals surface area contributed by atoms with E-state index in [1.165, 1.54) is 12.1 Å². The number of hydrogen-bond acceptors (Lipinski definition) is 4. The molecule has 3 rings (SSSR count). The van der Waals surface area contributed by atoms with Gasteiger partial charge in [-0.1, -0.05) is 12.1 Å². The molecule has 0 radical (unpaired) electrons. The van der Waals surface area contributed by atoms with E-state index in [9.17, 15) is 14.0 Å². The molecule has 2 saturated heterocycles. The number of hydrogen-bond donors (Lipinski definition) is 0. The Kier molecular flexibility index (Phi) is 6.44. The van der Waals surface area contributed by atoms with Crippen molar-refractivity contribution in [1.29, 1.82) is 0 Å². The fourth-order valence-electron chi connectivity index (χ4n) is 3.59.